The molecule has 2 aromatic heterocycles. The average Bonchev–Trinajstić information content (AvgIpc) is 3.42. The van der Waals surface area contributed by atoms with Gasteiger partial charge in [-0.05, 0) is 57.0 Å². The molecule has 0 aliphatic heterocycles. The van der Waals surface area contributed by atoms with Crippen LogP contribution < -0.4 is 0 Å². The Balaban J connectivity index is 1.52. The van der Waals surface area contributed by atoms with Crippen LogP contribution in [0.1, 0.15) is 22.5 Å². The molecule has 176 valence electrons. The number of hydrogen-bond donors (Lipinski definition) is 1. The van der Waals surface area contributed by atoms with E-state index in [1.165, 1.54) is 12.1 Å². The molecular weight excluding hydrogens is 472 g/mol. The fourth-order valence-electron chi connectivity index (χ4n) is 3.74. The maximum absolute atomic E-state index is 12.8. The van der Waals surface area contributed by atoms with Crippen molar-refractivity contribution >= 4 is 27.5 Å². The fourth-order valence-corrected chi connectivity index (χ4v) is 5.80. The largest absolute Gasteiger partial charge is 0.464 e. The predicted molar refractivity (Wildman–Crippen MR) is 131 cm³/mol. The third kappa shape index (κ3) is 4.59. The van der Waals surface area contributed by atoms with Gasteiger partial charge in [0.15, 0.2) is 0 Å². The van der Waals surface area contributed by atoms with Crippen LogP contribution in [0.5, 0.6) is 0 Å². The summed E-state index contributed by atoms with van der Waals surface area (Å²) in [6.45, 7) is 5.59. The molecule has 8 nitrogen and oxygen atoms in total. The molecular formula is C24H24N4O4S2. The van der Waals surface area contributed by atoms with Gasteiger partial charge >= 0.3 is 6.09 Å². The van der Waals surface area contributed by atoms with Crippen LogP contribution in [-0.4, -0.2) is 45.2 Å². The van der Waals surface area contributed by atoms with E-state index in [4.69, 9.17) is 0 Å². The first-order chi connectivity index (χ1) is 16.2. The van der Waals surface area contributed by atoms with Crippen molar-refractivity contribution in [3.63, 3.8) is 0 Å². The zero-order valence-corrected chi connectivity index (χ0v) is 20.6. The van der Waals surface area contributed by atoms with Crippen LogP contribution in [-0.2, 0) is 16.4 Å². The van der Waals surface area contributed by atoms with Gasteiger partial charge < -0.3 is 5.11 Å². The molecule has 10 heteroatoms. The first-order valence-electron chi connectivity index (χ1n) is 10.6. The molecule has 0 spiro atoms. The second-order valence-electron chi connectivity index (χ2n) is 7.88. The van der Waals surface area contributed by atoms with E-state index in [1.807, 2.05) is 55.1 Å². The lowest BCUT2D eigenvalue weighted by molar-refractivity contribution is 0.172. The number of sulfonamides is 1. The Bertz CT molecular complexity index is 1410. The van der Waals surface area contributed by atoms with Crippen molar-refractivity contribution in [2.24, 2.45) is 0 Å². The molecule has 1 amide bonds. The molecule has 4 rings (SSSR count). The van der Waals surface area contributed by atoms with E-state index in [1.54, 1.807) is 29.7 Å². The van der Waals surface area contributed by atoms with E-state index < -0.39 is 16.1 Å². The highest BCUT2D eigenvalue weighted by Gasteiger charge is 2.28. The molecule has 2 heterocycles. The lowest BCUT2D eigenvalue weighted by atomic mass is 10.1. The second-order valence-corrected chi connectivity index (χ2v) is 10.6. The van der Waals surface area contributed by atoms with E-state index in [2.05, 4.69) is 10.1 Å². The van der Waals surface area contributed by atoms with Gasteiger partial charge in [0.1, 0.15) is 5.01 Å². The van der Waals surface area contributed by atoms with Crippen LogP contribution >= 0.6 is 11.3 Å². The summed E-state index contributed by atoms with van der Waals surface area (Å²) in [5.41, 5.74) is 5.43. The molecule has 0 radical (unpaired) electrons. The third-order valence-corrected chi connectivity index (χ3v) is 8.12. The number of hydrogen-bond acceptors (Lipinski definition) is 6. The third-order valence-electron chi connectivity index (χ3n) is 5.54. The Morgan fingerprint density at radius 3 is 2.32 bits per heavy atom. The molecule has 4 aromatic rings. The van der Waals surface area contributed by atoms with Gasteiger partial charge in [-0.25, -0.2) is 27.2 Å². The van der Waals surface area contributed by atoms with E-state index in [9.17, 15) is 18.3 Å². The normalized spacial score (nSPS) is 11.5. The van der Waals surface area contributed by atoms with Crippen molar-refractivity contribution in [2.45, 2.75) is 32.1 Å². The number of thiazole rings is 1. The van der Waals surface area contributed by atoms with Gasteiger partial charge in [-0.3, -0.25) is 0 Å². The van der Waals surface area contributed by atoms with Crippen LogP contribution in [0, 0.1) is 20.8 Å². The van der Waals surface area contributed by atoms with E-state index >= 15 is 0 Å². The van der Waals surface area contributed by atoms with E-state index in [0.29, 0.717) is 4.31 Å². The quantitative estimate of drug-likeness (QED) is 0.393. The van der Waals surface area contributed by atoms with Crippen molar-refractivity contribution in [1.29, 1.82) is 0 Å². The zero-order chi connectivity index (χ0) is 24.5. The lowest BCUT2D eigenvalue weighted by Crippen LogP contribution is -2.37. The minimum atomic E-state index is -4.15. The summed E-state index contributed by atoms with van der Waals surface area (Å²) in [6, 6.07) is 13.6. The predicted octanol–water partition coefficient (Wildman–Crippen LogP) is 4.83. The lowest BCUT2D eigenvalue weighted by Gasteiger charge is -2.19. The van der Waals surface area contributed by atoms with Gasteiger partial charge in [0.05, 0.1) is 27.5 Å². The molecule has 0 atom stereocenters. The first-order valence-corrected chi connectivity index (χ1v) is 12.9. The van der Waals surface area contributed by atoms with Crippen LogP contribution in [0.4, 0.5) is 4.79 Å². The SMILES string of the molecule is Cc1ccc(S(=O)(=O)N(CCc2ccc(-n3nc(C)c(-c4nccs4)c3C)cc2)C(=O)O)cc1. The van der Waals surface area contributed by atoms with E-state index in [-0.39, 0.29) is 17.9 Å². The smallest absolute Gasteiger partial charge is 0.421 e. The number of amides is 1. The molecule has 0 unspecified atom stereocenters. The molecule has 2 aromatic carbocycles. The van der Waals surface area contributed by atoms with Crippen LogP contribution in [0.25, 0.3) is 16.3 Å². The number of rotatable bonds is 7. The summed E-state index contributed by atoms with van der Waals surface area (Å²) in [5.74, 6) is 0. The molecule has 0 saturated carbocycles. The van der Waals surface area contributed by atoms with Crippen molar-refractivity contribution in [3.8, 4) is 16.3 Å². The highest BCUT2D eigenvalue weighted by atomic mass is 32.2. The number of carbonyl (C=O) groups is 1. The molecule has 0 fully saturated rings. The fraction of sp³-hybridized carbons (Fsp3) is 0.208. The molecule has 0 aliphatic carbocycles. The average molecular weight is 497 g/mol. The summed E-state index contributed by atoms with van der Waals surface area (Å²) >= 11 is 1.56. The Labute approximate surface area is 202 Å². The van der Waals surface area contributed by atoms with Gasteiger partial charge in [-0.2, -0.15) is 5.10 Å². The van der Waals surface area contributed by atoms with Gasteiger partial charge in [0, 0.05) is 18.1 Å². The number of benzene rings is 2. The number of nitrogens with zero attached hydrogens (tertiary/aromatic N) is 4. The van der Waals surface area contributed by atoms with E-state index in [0.717, 1.165) is 38.8 Å². The highest BCUT2D eigenvalue weighted by molar-refractivity contribution is 7.89. The molecule has 0 bridgehead atoms. The highest BCUT2D eigenvalue weighted by Crippen LogP contribution is 2.30. The number of aryl methyl sites for hydroxylation is 2. The van der Waals surface area contributed by atoms with Crippen LogP contribution in [0.3, 0.4) is 0 Å². The minimum absolute atomic E-state index is 0.0450. The van der Waals surface area contributed by atoms with Gasteiger partial charge in [0.2, 0.25) is 0 Å². The summed E-state index contributed by atoms with van der Waals surface area (Å²) in [5, 5.41) is 17.1. The topological polar surface area (TPSA) is 105 Å². The number of aromatic nitrogens is 3. The van der Waals surface area contributed by atoms with Crippen LogP contribution in [0.2, 0.25) is 0 Å². The Morgan fingerprint density at radius 1 is 1.06 bits per heavy atom. The Kier molecular flexibility index (Phi) is 6.54. The minimum Gasteiger partial charge on any atom is -0.464 e. The first kappa shape index (κ1) is 23.7. The van der Waals surface area contributed by atoms with Crippen molar-refractivity contribution in [1.82, 2.24) is 19.1 Å². The monoisotopic (exact) mass is 496 g/mol. The van der Waals surface area contributed by atoms with Gasteiger partial charge in [0.25, 0.3) is 10.0 Å². The Hall–Kier alpha value is -3.50. The summed E-state index contributed by atoms with van der Waals surface area (Å²) in [7, 11) is -4.15. The summed E-state index contributed by atoms with van der Waals surface area (Å²) in [6.07, 6.45) is 0.512. The molecule has 0 saturated heterocycles. The van der Waals surface area contributed by atoms with Crippen molar-refractivity contribution in [2.75, 3.05) is 6.54 Å². The maximum Gasteiger partial charge on any atom is 0.421 e. The zero-order valence-electron chi connectivity index (χ0n) is 19.0. The summed E-state index contributed by atoms with van der Waals surface area (Å²) < 4.78 is 28.0. The second kappa shape index (κ2) is 9.40. The van der Waals surface area contributed by atoms with Crippen molar-refractivity contribution < 1.29 is 18.3 Å². The summed E-state index contributed by atoms with van der Waals surface area (Å²) in [4.78, 5) is 16.1. The molecule has 0 aliphatic rings. The molecule has 1 N–H and O–H groups in total. The van der Waals surface area contributed by atoms with Gasteiger partial charge in [-0.1, -0.05) is 29.8 Å². The van der Waals surface area contributed by atoms with Gasteiger partial charge in [-0.15, -0.1) is 11.3 Å². The Morgan fingerprint density at radius 2 is 1.74 bits per heavy atom. The van der Waals surface area contributed by atoms with Crippen LogP contribution in [0.15, 0.2) is 65.0 Å². The molecule has 34 heavy (non-hydrogen) atoms. The van der Waals surface area contributed by atoms with Crippen molar-refractivity contribution in [3.05, 3.63) is 82.6 Å². The number of carboxylic acid groups (broad SMARTS) is 1. The standard InChI is InChI=1S/C24H24N4O4S2/c1-16-4-10-21(11-5-16)34(31,32)27(24(29)30)14-12-19-6-8-20(9-7-19)28-18(3)22(17(2)26-28)23-25-13-15-33-23/h4-11,13,15H,12,14H2,1-3H3,(H,29,30). The maximum atomic E-state index is 12.8.